The minimum absolute atomic E-state index is 0.122. The quantitative estimate of drug-likeness (QED) is 0.138. The average molecular weight is 789 g/mol. The molecule has 2 heterocycles. The van der Waals surface area contributed by atoms with Crippen LogP contribution in [0.3, 0.4) is 0 Å². The van der Waals surface area contributed by atoms with Gasteiger partial charge in [-0.3, -0.25) is 29.0 Å². The molecule has 4 aromatic carbocycles. The van der Waals surface area contributed by atoms with Crippen LogP contribution in [0.2, 0.25) is 0 Å². The molecule has 9 heteroatoms. The summed E-state index contributed by atoms with van der Waals surface area (Å²) in [6, 6.07) is 32.4. The number of carbonyl (C=O) groups is 4. The zero-order valence-electron chi connectivity index (χ0n) is 33.3. The van der Waals surface area contributed by atoms with E-state index >= 15 is 9.59 Å². The molecule has 2 saturated heterocycles. The molecule has 3 fully saturated rings. The number of imide groups is 1. The zero-order valence-corrected chi connectivity index (χ0v) is 33.3. The van der Waals surface area contributed by atoms with Gasteiger partial charge in [0.05, 0.1) is 31.5 Å². The number of Topliss-reactive ketones (excluding diaryl/α,β-unsaturated/α-hetero) is 1. The molecule has 3 aliphatic carbocycles. The normalized spacial score (nSPS) is 27.2. The summed E-state index contributed by atoms with van der Waals surface area (Å²) in [7, 11) is 2.93. The predicted octanol–water partition coefficient (Wildman–Crippen LogP) is 7.44. The molecule has 9 rings (SSSR count). The van der Waals surface area contributed by atoms with E-state index < -0.39 is 35.0 Å². The SMILES string of the molecule is COc1cc(C=C[C@H]2C3=CC[C@@H]4C(=O)N(C5CCN(Cc6ccccc6)CC5)C(=O)[C@@H]4[C@@H]3C[C@H]3C(=O)C(c4ccccc4)=CC(=O)[C@@]23c2ccccc2)cc(OC)c1O. The highest BCUT2D eigenvalue weighted by Gasteiger charge is 2.65. The topological polar surface area (TPSA) is 113 Å². The van der Waals surface area contributed by atoms with Gasteiger partial charge in [-0.05, 0) is 72.1 Å². The highest BCUT2D eigenvalue weighted by atomic mass is 16.5. The van der Waals surface area contributed by atoms with Crippen molar-refractivity contribution in [2.24, 2.45) is 29.6 Å². The van der Waals surface area contributed by atoms with E-state index in [-0.39, 0.29) is 53.1 Å². The number of phenols is 1. The van der Waals surface area contributed by atoms with E-state index in [1.807, 2.05) is 91.0 Å². The van der Waals surface area contributed by atoms with Crippen molar-refractivity contribution in [1.29, 1.82) is 0 Å². The van der Waals surface area contributed by atoms with E-state index in [1.165, 1.54) is 25.9 Å². The average Bonchev–Trinajstić information content (AvgIpc) is 3.53. The number of amides is 2. The van der Waals surface area contributed by atoms with Crippen LogP contribution >= 0.6 is 0 Å². The van der Waals surface area contributed by atoms with Crippen LogP contribution in [0.25, 0.3) is 11.6 Å². The Labute approximate surface area is 344 Å². The minimum atomic E-state index is -1.33. The van der Waals surface area contributed by atoms with Crippen molar-refractivity contribution in [3.63, 3.8) is 0 Å². The number of likely N-dealkylation sites (tertiary alicyclic amines) is 2. The van der Waals surface area contributed by atoms with Crippen LogP contribution < -0.4 is 9.47 Å². The zero-order chi connectivity index (χ0) is 40.8. The fourth-order valence-electron chi connectivity index (χ4n) is 10.9. The van der Waals surface area contributed by atoms with Crippen molar-refractivity contribution in [3.05, 3.63) is 149 Å². The second-order valence-electron chi connectivity index (χ2n) is 16.5. The Morgan fingerprint density at radius 2 is 1.42 bits per heavy atom. The molecular weight excluding hydrogens is 741 g/mol. The predicted molar refractivity (Wildman–Crippen MR) is 224 cm³/mol. The number of hydrogen-bond acceptors (Lipinski definition) is 8. The summed E-state index contributed by atoms with van der Waals surface area (Å²) >= 11 is 0. The number of benzene rings is 4. The number of phenolic OH excluding ortho intramolecular Hbond substituents is 1. The summed E-state index contributed by atoms with van der Waals surface area (Å²) < 4.78 is 10.9. The Bertz CT molecular complexity index is 2360. The van der Waals surface area contributed by atoms with Crippen LogP contribution in [0.4, 0.5) is 0 Å². The molecule has 0 spiro atoms. The van der Waals surface area contributed by atoms with Crippen molar-refractivity contribution in [3.8, 4) is 17.2 Å². The van der Waals surface area contributed by atoms with Gasteiger partial charge in [0.25, 0.3) is 0 Å². The first-order valence-corrected chi connectivity index (χ1v) is 20.6. The Morgan fingerprint density at radius 3 is 2.07 bits per heavy atom. The Hall–Kier alpha value is -6.06. The van der Waals surface area contributed by atoms with Crippen molar-refractivity contribution in [2.75, 3.05) is 27.3 Å². The summed E-state index contributed by atoms with van der Waals surface area (Å²) in [6.45, 7) is 2.39. The highest BCUT2D eigenvalue weighted by Crippen LogP contribution is 2.61. The maximum atomic E-state index is 15.3. The monoisotopic (exact) mass is 788 g/mol. The Balaban J connectivity index is 1.13. The standard InChI is InChI=1S/C50H48N2O7/c1-58-42-26-32(27-43(59-2)47(42)55)18-21-40-36-19-20-37-45(49(57)52(48(37)56)35-22-24-51(25-23-35)30-31-12-6-3-7-13-31)39(36)28-41-46(54)38(33-14-8-4-9-15-33)29-44(53)50(40,41)34-16-10-5-11-17-34/h3-19,21,26-27,29,35,37,39-41,45,55H,20,22-25,28,30H2,1-2H3/t37-,39+,40-,41-,45-,50-/m0/s1. The van der Waals surface area contributed by atoms with Crippen LogP contribution in [0, 0.1) is 29.6 Å². The molecule has 1 N–H and O–H groups in total. The Kier molecular flexibility index (Phi) is 10.2. The van der Waals surface area contributed by atoms with Crippen molar-refractivity contribution in [1.82, 2.24) is 9.80 Å². The van der Waals surface area contributed by atoms with E-state index in [2.05, 4.69) is 23.1 Å². The maximum absolute atomic E-state index is 15.3. The number of aromatic hydroxyl groups is 1. The largest absolute Gasteiger partial charge is 0.502 e. The number of ketones is 2. The molecule has 0 bridgehead atoms. The van der Waals surface area contributed by atoms with Crippen molar-refractivity contribution in [2.45, 2.75) is 43.7 Å². The van der Waals surface area contributed by atoms with E-state index in [9.17, 15) is 14.7 Å². The molecule has 0 aromatic heterocycles. The molecule has 2 aliphatic heterocycles. The number of rotatable bonds is 9. The number of methoxy groups -OCH3 is 2. The number of carbonyl (C=O) groups excluding carboxylic acids is 4. The molecule has 1 saturated carbocycles. The fourth-order valence-corrected chi connectivity index (χ4v) is 10.9. The first kappa shape index (κ1) is 38.5. The summed E-state index contributed by atoms with van der Waals surface area (Å²) in [5.41, 5.74) is 3.22. The van der Waals surface area contributed by atoms with Gasteiger partial charge in [-0.15, -0.1) is 0 Å². The third-order valence-corrected chi connectivity index (χ3v) is 13.6. The smallest absolute Gasteiger partial charge is 0.233 e. The molecule has 5 aliphatic rings. The first-order chi connectivity index (χ1) is 28.7. The van der Waals surface area contributed by atoms with Crippen molar-refractivity contribution >= 4 is 35.0 Å². The van der Waals surface area contributed by atoms with Crippen LogP contribution in [-0.2, 0) is 31.1 Å². The molecule has 4 aromatic rings. The summed E-state index contributed by atoms with van der Waals surface area (Å²) in [5.74, 6) is -3.38. The van der Waals surface area contributed by atoms with E-state index in [1.54, 1.807) is 17.0 Å². The lowest BCUT2D eigenvalue weighted by molar-refractivity contribution is -0.144. The summed E-state index contributed by atoms with van der Waals surface area (Å²) in [6.07, 6.45) is 9.50. The second kappa shape index (κ2) is 15.6. The molecule has 300 valence electrons. The molecule has 9 nitrogen and oxygen atoms in total. The lowest BCUT2D eigenvalue weighted by Gasteiger charge is -2.54. The van der Waals surface area contributed by atoms with Gasteiger partial charge in [0.15, 0.2) is 23.1 Å². The molecule has 0 radical (unpaired) electrons. The van der Waals surface area contributed by atoms with Crippen LogP contribution in [0.15, 0.2) is 127 Å². The van der Waals surface area contributed by atoms with Crippen molar-refractivity contribution < 1.29 is 33.8 Å². The van der Waals surface area contributed by atoms with E-state index in [0.29, 0.717) is 36.0 Å². The molecular formula is C50H48N2O7. The van der Waals surface area contributed by atoms with Crippen LogP contribution in [0.1, 0.15) is 47.9 Å². The van der Waals surface area contributed by atoms with Gasteiger partial charge in [-0.1, -0.05) is 115 Å². The fraction of sp³-hybridized carbons (Fsp3) is 0.320. The van der Waals surface area contributed by atoms with E-state index in [4.69, 9.17) is 9.47 Å². The number of allylic oxidation sites excluding steroid dienone is 5. The molecule has 0 unspecified atom stereocenters. The first-order valence-electron chi connectivity index (χ1n) is 20.6. The minimum Gasteiger partial charge on any atom is -0.502 e. The van der Waals surface area contributed by atoms with Gasteiger partial charge in [0.2, 0.25) is 17.6 Å². The summed E-state index contributed by atoms with van der Waals surface area (Å²) in [4.78, 5) is 63.8. The number of fused-ring (bicyclic) bond motifs is 4. The van der Waals surface area contributed by atoms with Crippen LogP contribution in [0.5, 0.6) is 17.2 Å². The van der Waals surface area contributed by atoms with E-state index in [0.717, 1.165) is 30.8 Å². The number of hydrogen-bond donors (Lipinski definition) is 1. The number of piperidine rings is 1. The van der Waals surface area contributed by atoms with Crippen LogP contribution in [-0.4, -0.2) is 71.6 Å². The van der Waals surface area contributed by atoms with Gasteiger partial charge in [0.1, 0.15) is 0 Å². The molecule has 2 amide bonds. The molecule has 6 atom stereocenters. The van der Waals surface area contributed by atoms with Gasteiger partial charge < -0.3 is 14.6 Å². The van der Waals surface area contributed by atoms with Gasteiger partial charge in [-0.2, -0.15) is 0 Å². The third-order valence-electron chi connectivity index (χ3n) is 13.6. The lowest BCUT2D eigenvalue weighted by Crippen LogP contribution is -2.59. The molecule has 59 heavy (non-hydrogen) atoms. The lowest BCUT2D eigenvalue weighted by atomic mass is 9.45. The Morgan fingerprint density at radius 1 is 0.797 bits per heavy atom. The van der Waals surface area contributed by atoms with Gasteiger partial charge in [0, 0.05) is 43.1 Å². The summed E-state index contributed by atoms with van der Waals surface area (Å²) in [5, 5.41) is 10.7. The highest BCUT2D eigenvalue weighted by molar-refractivity contribution is 6.31. The number of nitrogens with zero attached hydrogens (tertiary/aromatic N) is 2. The second-order valence-corrected chi connectivity index (χ2v) is 16.5. The number of ether oxygens (including phenoxy) is 2. The van der Waals surface area contributed by atoms with Gasteiger partial charge in [-0.25, -0.2) is 0 Å². The maximum Gasteiger partial charge on any atom is 0.233 e. The third kappa shape index (κ3) is 6.43. The van der Waals surface area contributed by atoms with Gasteiger partial charge >= 0.3 is 0 Å².